The van der Waals surface area contributed by atoms with Crippen LogP contribution in [0, 0.1) is 11.3 Å². The zero-order chi connectivity index (χ0) is 30.2. The van der Waals surface area contributed by atoms with Crippen LogP contribution < -0.4 is 0 Å². The highest BCUT2D eigenvalue weighted by atomic mass is 16.3. The van der Waals surface area contributed by atoms with Gasteiger partial charge in [-0.3, -0.25) is 0 Å². The molecule has 0 atom stereocenters. The SMILES string of the molecule is N#Cc1ccc(-c2ccc(-c3ccc4c(c3)oc3cc(-c5nc(-c6ccccc6)nc(-c6ccccc6)n5)ccc34)cc2)cc1. The van der Waals surface area contributed by atoms with Gasteiger partial charge in [-0.25, -0.2) is 15.0 Å². The summed E-state index contributed by atoms with van der Waals surface area (Å²) in [6.07, 6.45) is 0. The van der Waals surface area contributed by atoms with Crippen LogP contribution in [0.15, 0.2) is 150 Å². The van der Waals surface area contributed by atoms with Crippen molar-refractivity contribution in [1.82, 2.24) is 15.0 Å². The number of nitriles is 1. The second kappa shape index (κ2) is 11.0. The largest absolute Gasteiger partial charge is 0.456 e. The maximum absolute atomic E-state index is 9.08. The van der Waals surface area contributed by atoms with Crippen LogP contribution >= 0.6 is 0 Å². The van der Waals surface area contributed by atoms with Gasteiger partial charge in [-0.1, -0.05) is 109 Å². The molecular formula is C40H24N4O. The maximum Gasteiger partial charge on any atom is 0.164 e. The molecule has 2 heterocycles. The lowest BCUT2D eigenvalue weighted by Crippen LogP contribution is -2.00. The van der Waals surface area contributed by atoms with Gasteiger partial charge in [0, 0.05) is 27.5 Å². The van der Waals surface area contributed by atoms with E-state index in [2.05, 4.69) is 54.6 Å². The van der Waals surface area contributed by atoms with Gasteiger partial charge in [0.05, 0.1) is 11.6 Å². The van der Waals surface area contributed by atoms with Crippen molar-refractivity contribution in [1.29, 1.82) is 5.26 Å². The van der Waals surface area contributed by atoms with Crippen LogP contribution in [0.5, 0.6) is 0 Å². The van der Waals surface area contributed by atoms with E-state index in [1.807, 2.05) is 97.1 Å². The highest BCUT2D eigenvalue weighted by molar-refractivity contribution is 6.06. The second-order valence-corrected chi connectivity index (χ2v) is 10.8. The Morgan fingerprint density at radius 2 is 0.800 bits per heavy atom. The van der Waals surface area contributed by atoms with Gasteiger partial charge in [-0.2, -0.15) is 5.26 Å². The first-order valence-electron chi connectivity index (χ1n) is 14.7. The van der Waals surface area contributed by atoms with Crippen LogP contribution in [-0.2, 0) is 0 Å². The van der Waals surface area contributed by atoms with E-state index in [1.54, 1.807) is 0 Å². The van der Waals surface area contributed by atoms with Crippen LogP contribution in [0.2, 0.25) is 0 Å². The molecular weight excluding hydrogens is 552 g/mol. The van der Waals surface area contributed by atoms with Gasteiger partial charge in [0.15, 0.2) is 17.5 Å². The van der Waals surface area contributed by atoms with E-state index < -0.39 is 0 Å². The predicted molar refractivity (Wildman–Crippen MR) is 179 cm³/mol. The monoisotopic (exact) mass is 576 g/mol. The number of rotatable bonds is 5. The smallest absolute Gasteiger partial charge is 0.164 e. The van der Waals surface area contributed by atoms with Gasteiger partial charge in [-0.05, 0) is 58.7 Å². The summed E-state index contributed by atoms with van der Waals surface area (Å²) in [5.74, 6) is 1.84. The van der Waals surface area contributed by atoms with Crippen molar-refractivity contribution in [2.75, 3.05) is 0 Å². The molecule has 2 aromatic heterocycles. The highest BCUT2D eigenvalue weighted by Gasteiger charge is 2.15. The minimum absolute atomic E-state index is 0.591. The van der Waals surface area contributed by atoms with E-state index in [-0.39, 0.29) is 0 Å². The molecule has 0 fully saturated rings. The number of fused-ring (bicyclic) bond motifs is 3. The molecule has 0 aliphatic heterocycles. The first kappa shape index (κ1) is 26.3. The number of furan rings is 1. The van der Waals surface area contributed by atoms with Crippen LogP contribution in [0.3, 0.4) is 0 Å². The Morgan fingerprint density at radius 1 is 0.400 bits per heavy atom. The fourth-order valence-corrected chi connectivity index (χ4v) is 5.63. The second-order valence-electron chi connectivity index (χ2n) is 10.8. The molecule has 6 aromatic carbocycles. The lowest BCUT2D eigenvalue weighted by Gasteiger charge is -2.08. The van der Waals surface area contributed by atoms with Crippen LogP contribution in [0.1, 0.15) is 5.56 Å². The number of benzene rings is 6. The Bertz CT molecular complexity index is 2300. The minimum atomic E-state index is 0.591. The number of nitrogens with zero attached hydrogens (tertiary/aromatic N) is 4. The molecule has 5 nitrogen and oxygen atoms in total. The molecule has 0 aliphatic rings. The Hall–Kier alpha value is -6.38. The van der Waals surface area contributed by atoms with E-state index in [0.717, 1.165) is 60.9 Å². The molecule has 0 bridgehead atoms. The lowest BCUT2D eigenvalue weighted by molar-refractivity contribution is 0.669. The maximum atomic E-state index is 9.08. The number of hydrogen-bond acceptors (Lipinski definition) is 5. The highest BCUT2D eigenvalue weighted by Crippen LogP contribution is 2.35. The Balaban J connectivity index is 1.16. The molecule has 0 amide bonds. The molecule has 210 valence electrons. The predicted octanol–water partition coefficient (Wildman–Crippen LogP) is 9.98. The van der Waals surface area contributed by atoms with Crippen LogP contribution in [-0.4, -0.2) is 15.0 Å². The van der Waals surface area contributed by atoms with Gasteiger partial charge in [-0.15, -0.1) is 0 Å². The van der Waals surface area contributed by atoms with Gasteiger partial charge in [0.25, 0.3) is 0 Å². The topological polar surface area (TPSA) is 75.6 Å². The van der Waals surface area contributed by atoms with E-state index >= 15 is 0 Å². The molecule has 0 aliphatic carbocycles. The molecule has 0 saturated carbocycles. The third-order valence-electron chi connectivity index (χ3n) is 8.00. The molecule has 0 spiro atoms. The van der Waals surface area contributed by atoms with E-state index in [1.165, 1.54) is 0 Å². The number of hydrogen-bond donors (Lipinski definition) is 0. The summed E-state index contributed by atoms with van der Waals surface area (Å²) in [5, 5.41) is 11.2. The Kier molecular flexibility index (Phi) is 6.44. The first-order chi connectivity index (χ1) is 22.2. The van der Waals surface area contributed by atoms with Crippen molar-refractivity contribution in [3.63, 3.8) is 0 Å². The number of aromatic nitrogens is 3. The van der Waals surface area contributed by atoms with Crippen LogP contribution in [0.25, 0.3) is 78.4 Å². The standard InChI is InChI=1S/C40H24N4O/c41-25-26-11-13-27(14-12-26)28-15-17-29(18-16-28)32-19-21-34-35-22-20-33(24-37(35)45-36(34)23-32)40-43-38(30-7-3-1-4-8-30)42-39(44-40)31-9-5-2-6-10-31/h1-24H. The summed E-state index contributed by atoms with van der Waals surface area (Å²) in [4.78, 5) is 14.6. The van der Waals surface area contributed by atoms with Crippen LogP contribution in [0.4, 0.5) is 0 Å². The van der Waals surface area contributed by atoms with Gasteiger partial charge < -0.3 is 4.42 Å². The summed E-state index contributed by atoms with van der Waals surface area (Å²) in [6, 6.07) is 50.7. The van der Waals surface area contributed by atoms with Gasteiger partial charge in [0.1, 0.15) is 11.2 Å². The third kappa shape index (κ3) is 5.01. The van der Waals surface area contributed by atoms with Crippen molar-refractivity contribution >= 4 is 21.9 Å². The minimum Gasteiger partial charge on any atom is -0.456 e. The third-order valence-corrected chi connectivity index (χ3v) is 8.00. The van der Waals surface area contributed by atoms with Crippen molar-refractivity contribution in [3.05, 3.63) is 151 Å². The summed E-state index contributed by atoms with van der Waals surface area (Å²) in [5.41, 5.74) is 9.33. The molecule has 5 heteroatoms. The zero-order valence-electron chi connectivity index (χ0n) is 24.1. The lowest BCUT2D eigenvalue weighted by atomic mass is 9.99. The summed E-state index contributed by atoms with van der Waals surface area (Å²) in [6.45, 7) is 0. The molecule has 0 unspecified atom stereocenters. The van der Waals surface area contributed by atoms with E-state index in [4.69, 9.17) is 24.6 Å². The molecule has 8 aromatic rings. The molecule has 0 N–H and O–H groups in total. The van der Waals surface area contributed by atoms with Crippen molar-refractivity contribution in [2.24, 2.45) is 0 Å². The average Bonchev–Trinajstić information content (AvgIpc) is 3.49. The van der Waals surface area contributed by atoms with E-state index in [9.17, 15) is 0 Å². The van der Waals surface area contributed by atoms with Crippen molar-refractivity contribution < 1.29 is 4.42 Å². The molecule has 0 radical (unpaired) electrons. The van der Waals surface area contributed by atoms with Gasteiger partial charge >= 0.3 is 0 Å². The fourth-order valence-electron chi connectivity index (χ4n) is 5.63. The normalized spacial score (nSPS) is 11.1. The van der Waals surface area contributed by atoms with Gasteiger partial charge in [0.2, 0.25) is 0 Å². The fraction of sp³-hybridized carbons (Fsp3) is 0. The molecule has 8 rings (SSSR count). The Morgan fingerprint density at radius 3 is 1.31 bits per heavy atom. The molecule has 0 saturated heterocycles. The van der Waals surface area contributed by atoms with E-state index in [0.29, 0.717) is 23.0 Å². The van der Waals surface area contributed by atoms with Crippen molar-refractivity contribution in [2.45, 2.75) is 0 Å². The summed E-state index contributed by atoms with van der Waals surface area (Å²) in [7, 11) is 0. The average molecular weight is 577 g/mol. The Labute approximate surface area is 259 Å². The zero-order valence-corrected chi connectivity index (χ0v) is 24.1. The van der Waals surface area contributed by atoms with Crippen molar-refractivity contribution in [3.8, 4) is 62.5 Å². The summed E-state index contributed by atoms with van der Waals surface area (Å²) < 4.78 is 6.42. The quantitative estimate of drug-likeness (QED) is 0.204. The molecule has 45 heavy (non-hydrogen) atoms. The first-order valence-corrected chi connectivity index (χ1v) is 14.7. The summed E-state index contributed by atoms with van der Waals surface area (Å²) >= 11 is 0.